The molecule has 0 aromatic heterocycles. The van der Waals surface area contributed by atoms with E-state index < -0.39 is 6.09 Å². The molecule has 6 heteroatoms. The van der Waals surface area contributed by atoms with Gasteiger partial charge < -0.3 is 15.1 Å². The first kappa shape index (κ1) is 11.2. The van der Waals surface area contributed by atoms with Gasteiger partial charge in [0.05, 0.1) is 0 Å². The second-order valence-corrected chi connectivity index (χ2v) is 3.32. The van der Waals surface area contributed by atoms with Crippen molar-refractivity contribution in [2.75, 3.05) is 39.3 Å². The summed E-state index contributed by atoms with van der Waals surface area (Å²) in [4.78, 5) is 12.5. The number of amides is 1. The molecule has 0 unspecified atom stereocenters. The van der Waals surface area contributed by atoms with E-state index in [4.69, 9.17) is 10.2 Å². The molecule has 1 fully saturated rings. The molecule has 6 nitrogen and oxygen atoms in total. The summed E-state index contributed by atoms with van der Waals surface area (Å²) in [5.41, 5.74) is 2.33. The van der Waals surface area contributed by atoms with Crippen molar-refractivity contribution in [1.29, 1.82) is 0 Å². The highest BCUT2D eigenvalue weighted by Crippen LogP contribution is 1.99. The van der Waals surface area contributed by atoms with Gasteiger partial charge in [-0.3, -0.25) is 5.43 Å². The lowest BCUT2D eigenvalue weighted by Gasteiger charge is -2.33. The molecule has 3 N–H and O–H groups in total. The van der Waals surface area contributed by atoms with Gasteiger partial charge in [0, 0.05) is 39.3 Å². The Morgan fingerprint density at radius 2 is 1.93 bits per heavy atom. The van der Waals surface area contributed by atoms with Crippen LogP contribution in [0.25, 0.3) is 0 Å². The van der Waals surface area contributed by atoms with Gasteiger partial charge in [0.2, 0.25) is 0 Å². The highest BCUT2D eigenvalue weighted by atomic mass is 16.4. The van der Waals surface area contributed by atoms with Crippen molar-refractivity contribution in [3.05, 3.63) is 0 Å². The predicted octanol–water partition coefficient (Wildman–Crippen LogP) is -0.831. The largest absolute Gasteiger partial charge is 0.464 e. The summed E-state index contributed by atoms with van der Waals surface area (Å²) in [7, 11) is 0. The van der Waals surface area contributed by atoms with Crippen LogP contribution in [0.2, 0.25) is 0 Å². The first-order valence-electron chi connectivity index (χ1n) is 4.80. The first-order chi connectivity index (χ1) is 6.72. The molecule has 0 aliphatic carbocycles. The third-order valence-corrected chi connectivity index (χ3v) is 2.26. The predicted molar refractivity (Wildman–Crippen MR) is 50.9 cm³/mol. The van der Waals surface area contributed by atoms with E-state index >= 15 is 0 Å². The molecule has 0 aromatic rings. The standard InChI is InChI=1S/C8H17N3O3/c12-7-1-2-10-3-5-11(6-4-10)9-8(13)14/h9,12H,1-7H2,(H,13,14). The topological polar surface area (TPSA) is 76.0 Å². The normalized spacial score (nSPS) is 19.5. The number of nitrogens with zero attached hydrogens (tertiary/aromatic N) is 2. The molecule has 1 aliphatic rings. The van der Waals surface area contributed by atoms with Crippen LogP contribution in [0, 0.1) is 0 Å². The Bertz CT molecular complexity index is 181. The van der Waals surface area contributed by atoms with Gasteiger partial charge in [0.25, 0.3) is 0 Å². The van der Waals surface area contributed by atoms with Crippen molar-refractivity contribution < 1.29 is 15.0 Å². The van der Waals surface area contributed by atoms with Crippen LogP contribution in [0.3, 0.4) is 0 Å². The average Bonchev–Trinajstić information content (AvgIpc) is 2.16. The zero-order valence-corrected chi connectivity index (χ0v) is 8.15. The molecule has 0 aromatic carbocycles. The second-order valence-electron chi connectivity index (χ2n) is 3.32. The molecule has 1 heterocycles. The monoisotopic (exact) mass is 203 g/mol. The van der Waals surface area contributed by atoms with E-state index in [1.165, 1.54) is 0 Å². The van der Waals surface area contributed by atoms with Gasteiger partial charge in [-0.25, -0.2) is 9.80 Å². The molecular formula is C8H17N3O3. The molecule has 1 aliphatic heterocycles. The molecule has 0 bridgehead atoms. The van der Waals surface area contributed by atoms with Crippen LogP contribution in [0.4, 0.5) is 4.79 Å². The molecule has 1 saturated heterocycles. The van der Waals surface area contributed by atoms with Gasteiger partial charge in [-0.2, -0.15) is 0 Å². The minimum Gasteiger partial charge on any atom is -0.464 e. The fourth-order valence-corrected chi connectivity index (χ4v) is 1.51. The van der Waals surface area contributed by atoms with Crippen molar-refractivity contribution in [2.24, 2.45) is 0 Å². The van der Waals surface area contributed by atoms with Crippen LogP contribution in [0.15, 0.2) is 0 Å². The van der Waals surface area contributed by atoms with Gasteiger partial charge in [-0.05, 0) is 6.42 Å². The lowest BCUT2D eigenvalue weighted by molar-refractivity contribution is 0.0807. The molecule has 14 heavy (non-hydrogen) atoms. The number of hydrogen-bond acceptors (Lipinski definition) is 4. The molecule has 82 valence electrons. The van der Waals surface area contributed by atoms with E-state index in [1.807, 2.05) is 0 Å². The Morgan fingerprint density at radius 3 is 2.43 bits per heavy atom. The van der Waals surface area contributed by atoms with E-state index in [9.17, 15) is 4.79 Å². The lowest BCUT2D eigenvalue weighted by Crippen LogP contribution is -2.53. The maximum absolute atomic E-state index is 10.3. The molecule has 1 amide bonds. The number of aliphatic hydroxyl groups excluding tert-OH is 1. The Balaban J connectivity index is 2.14. The summed E-state index contributed by atoms with van der Waals surface area (Å²) in [6.07, 6.45) is -0.222. The van der Waals surface area contributed by atoms with E-state index in [2.05, 4.69) is 10.3 Å². The van der Waals surface area contributed by atoms with Gasteiger partial charge in [-0.1, -0.05) is 0 Å². The molecular weight excluding hydrogens is 186 g/mol. The van der Waals surface area contributed by atoms with Gasteiger partial charge >= 0.3 is 6.09 Å². The summed E-state index contributed by atoms with van der Waals surface area (Å²) in [6.45, 7) is 4.21. The minimum atomic E-state index is -1.01. The van der Waals surface area contributed by atoms with Gasteiger partial charge in [0.1, 0.15) is 0 Å². The number of rotatable bonds is 4. The maximum atomic E-state index is 10.3. The minimum absolute atomic E-state index is 0.216. The Morgan fingerprint density at radius 1 is 1.29 bits per heavy atom. The third kappa shape index (κ3) is 3.91. The second kappa shape index (κ2) is 5.79. The summed E-state index contributed by atoms with van der Waals surface area (Å²) in [5, 5.41) is 18.8. The Labute approximate surface area is 83.1 Å². The molecule has 1 rings (SSSR count). The lowest BCUT2D eigenvalue weighted by atomic mass is 10.3. The van der Waals surface area contributed by atoms with E-state index in [1.54, 1.807) is 5.01 Å². The number of nitrogens with one attached hydrogen (secondary N) is 1. The highest BCUT2D eigenvalue weighted by molar-refractivity contribution is 5.63. The zero-order chi connectivity index (χ0) is 10.4. The van der Waals surface area contributed by atoms with Gasteiger partial charge in [0.15, 0.2) is 0 Å². The smallest absolute Gasteiger partial charge is 0.419 e. The van der Waals surface area contributed by atoms with Crippen molar-refractivity contribution >= 4 is 6.09 Å². The summed E-state index contributed by atoms with van der Waals surface area (Å²) >= 11 is 0. The fourth-order valence-electron chi connectivity index (χ4n) is 1.51. The van der Waals surface area contributed by atoms with Crippen molar-refractivity contribution in [3.8, 4) is 0 Å². The van der Waals surface area contributed by atoms with Crippen LogP contribution < -0.4 is 5.43 Å². The Hall–Kier alpha value is -0.850. The highest BCUT2D eigenvalue weighted by Gasteiger charge is 2.16. The fraction of sp³-hybridized carbons (Fsp3) is 0.875. The van der Waals surface area contributed by atoms with E-state index in [0.29, 0.717) is 13.1 Å². The number of aliphatic hydroxyl groups is 1. The summed E-state index contributed by atoms with van der Waals surface area (Å²) in [6, 6.07) is 0. The Kier molecular flexibility index (Phi) is 4.64. The van der Waals surface area contributed by atoms with Crippen molar-refractivity contribution in [2.45, 2.75) is 6.42 Å². The van der Waals surface area contributed by atoms with Gasteiger partial charge in [-0.15, -0.1) is 0 Å². The third-order valence-electron chi connectivity index (χ3n) is 2.26. The molecule has 0 saturated carbocycles. The number of carbonyl (C=O) groups is 1. The van der Waals surface area contributed by atoms with Crippen LogP contribution in [0.5, 0.6) is 0 Å². The summed E-state index contributed by atoms with van der Waals surface area (Å²) in [5.74, 6) is 0. The van der Waals surface area contributed by atoms with E-state index in [-0.39, 0.29) is 6.61 Å². The number of carboxylic acid groups (broad SMARTS) is 1. The number of hydrazine groups is 1. The molecule has 0 spiro atoms. The van der Waals surface area contributed by atoms with Crippen molar-refractivity contribution in [1.82, 2.24) is 15.3 Å². The quantitative estimate of drug-likeness (QED) is 0.556. The van der Waals surface area contributed by atoms with E-state index in [0.717, 1.165) is 26.1 Å². The van der Waals surface area contributed by atoms with Crippen LogP contribution >= 0.6 is 0 Å². The van der Waals surface area contributed by atoms with Crippen LogP contribution in [-0.2, 0) is 0 Å². The summed E-state index contributed by atoms with van der Waals surface area (Å²) < 4.78 is 0. The SMILES string of the molecule is O=C(O)NN1CCN(CCCO)CC1. The van der Waals surface area contributed by atoms with Crippen LogP contribution in [0.1, 0.15) is 6.42 Å². The number of hydrogen-bond donors (Lipinski definition) is 3. The van der Waals surface area contributed by atoms with Crippen LogP contribution in [-0.4, -0.2) is 65.5 Å². The first-order valence-corrected chi connectivity index (χ1v) is 4.80. The number of piperazine rings is 1. The zero-order valence-electron chi connectivity index (χ0n) is 8.15. The molecule has 0 atom stereocenters. The average molecular weight is 203 g/mol. The maximum Gasteiger partial charge on any atom is 0.419 e. The molecule has 0 radical (unpaired) electrons. The van der Waals surface area contributed by atoms with Crippen molar-refractivity contribution in [3.63, 3.8) is 0 Å².